The SMILES string of the molecule is CCc1c(C)nc(-c2ccc(Cl)s2)nc1Nc1ccc(C2=C(O)CCC2=O)cc1. The van der Waals surface area contributed by atoms with Gasteiger partial charge in [-0.2, -0.15) is 0 Å². The van der Waals surface area contributed by atoms with Crippen molar-refractivity contribution in [2.45, 2.75) is 33.1 Å². The number of halogens is 1. The average Bonchev–Trinajstić information content (AvgIpc) is 3.28. The lowest BCUT2D eigenvalue weighted by Gasteiger charge is -2.14. The lowest BCUT2D eigenvalue weighted by atomic mass is 10.0. The minimum Gasteiger partial charge on any atom is -0.512 e. The first-order valence-electron chi connectivity index (χ1n) is 9.42. The maximum absolute atomic E-state index is 12.0. The highest BCUT2D eigenvalue weighted by Gasteiger charge is 2.24. The van der Waals surface area contributed by atoms with E-state index in [1.54, 1.807) is 0 Å². The molecule has 0 unspecified atom stereocenters. The Morgan fingerprint density at radius 3 is 2.48 bits per heavy atom. The van der Waals surface area contributed by atoms with Gasteiger partial charge in [0.25, 0.3) is 0 Å². The van der Waals surface area contributed by atoms with Crippen molar-refractivity contribution in [2.24, 2.45) is 0 Å². The lowest BCUT2D eigenvalue weighted by Crippen LogP contribution is -2.05. The molecule has 0 spiro atoms. The Hall–Kier alpha value is -2.70. The molecule has 1 aromatic carbocycles. The van der Waals surface area contributed by atoms with Gasteiger partial charge in [0.1, 0.15) is 11.6 Å². The van der Waals surface area contributed by atoms with Crippen molar-refractivity contribution in [1.29, 1.82) is 0 Å². The van der Waals surface area contributed by atoms with Gasteiger partial charge in [-0.1, -0.05) is 30.7 Å². The Morgan fingerprint density at radius 2 is 1.90 bits per heavy atom. The Balaban J connectivity index is 1.66. The molecule has 0 aliphatic heterocycles. The highest BCUT2D eigenvalue weighted by Crippen LogP contribution is 2.33. The van der Waals surface area contributed by atoms with Crippen molar-refractivity contribution < 1.29 is 9.90 Å². The number of aliphatic hydroxyl groups is 1. The van der Waals surface area contributed by atoms with Crippen LogP contribution in [0.5, 0.6) is 0 Å². The van der Waals surface area contributed by atoms with E-state index in [4.69, 9.17) is 16.6 Å². The molecule has 5 nitrogen and oxygen atoms in total. The number of rotatable bonds is 5. The van der Waals surface area contributed by atoms with Gasteiger partial charge in [-0.3, -0.25) is 4.79 Å². The van der Waals surface area contributed by atoms with Gasteiger partial charge >= 0.3 is 0 Å². The van der Waals surface area contributed by atoms with Crippen LogP contribution in [0.4, 0.5) is 11.5 Å². The van der Waals surface area contributed by atoms with E-state index >= 15 is 0 Å². The normalized spacial score (nSPS) is 14.0. The summed E-state index contributed by atoms with van der Waals surface area (Å²) in [5.74, 6) is 1.56. The van der Waals surface area contributed by atoms with Gasteiger partial charge in [0.15, 0.2) is 11.6 Å². The number of hydrogen-bond acceptors (Lipinski definition) is 6. The van der Waals surface area contributed by atoms with Crippen molar-refractivity contribution in [3.05, 3.63) is 63.3 Å². The number of anilines is 2. The van der Waals surface area contributed by atoms with Crippen molar-refractivity contribution in [3.8, 4) is 10.7 Å². The van der Waals surface area contributed by atoms with E-state index < -0.39 is 0 Å². The van der Waals surface area contributed by atoms with Crippen LogP contribution in [-0.4, -0.2) is 20.9 Å². The minimum absolute atomic E-state index is 0.0119. The molecule has 2 aromatic heterocycles. The molecule has 1 aliphatic rings. The number of allylic oxidation sites excluding steroid dienone is 2. The van der Waals surface area contributed by atoms with E-state index in [0.717, 1.165) is 39.6 Å². The number of aryl methyl sites for hydroxylation is 1. The van der Waals surface area contributed by atoms with Crippen LogP contribution in [0.25, 0.3) is 16.3 Å². The zero-order chi connectivity index (χ0) is 20.5. The number of benzene rings is 1. The molecule has 2 heterocycles. The van der Waals surface area contributed by atoms with Crippen molar-refractivity contribution in [3.63, 3.8) is 0 Å². The summed E-state index contributed by atoms with van der Waals surface area (Å²) in [7, 11) is 0. The largest absolute Gasteiger partial charge is 0.512 e. The highest BCUT2D eigenvalue weighted by molar-refractivity contribution is 7.19. The molecule has 3 aromatic rings. The molecule has 0 saturated carbocycles. The number of carbonyl (C=O) groups excluding carboxylic acids is 1. The molecule has 4 rings (SSSR count). The molecule has 0 amide bonds. The fourth-order valence-electron chi connectivity index (χ4n) is 3.49. The van der Waals surface area contributed by atoms with Gasteiger partial charge < -0.3 is 10.4 Å². The third-order valence-electron chi connectivity index (χ3n) is 4.95. The maximum atomic E-state index is 12.0. The Morgan fingerprint density at radius 1 is 1.14 bits per heavy atom. The monoisotopic (exact) mass is 425 g/mol. The number of aliphatic hydroxyl groups excluding tert-OH is 1. The molecule has 0 radical (unpaired) electrons. The smallest absolute Gasteiger partial charge is 0.171 e. The van der Waals surface area contributed by atoms with E-state index in [9.17, 15) is 9.90 Å². The topological polar surface area (TPSA) is 75.1 Å². The van der Waals surface area contributed by atoms with Crippen LogP contribution in [0, 0.1) is 6.92 Å². The summed E-state index contributed by atoms with van der Waals surface area (Å²) < 4.78 is 0.699. The van der Waals surface area contributed by atoms with Crippen LogP contribution in [-0.2, 0) is 11.2 Å². The molecule has 0 atom stereocenters. The van der Waals surface area contributed by atoms with Gasteiger partial charge in [-0.05, 0) is 43.2 Å². The fraction of sp³-hybridized carbons (Fsp3) is 0.227. The van der Waals surface area contributed by atoms with E-state index in [1.807, 2.05) is 43.3 Å². The number of carbonyl (C=O) groups is 1. The molecule has 7 heteroatoms. The number of thiophene rings is 1. The number of nitrogens with one attached hydrogen (secondary N) is 1. The number of hydrogen-bond donors (Lipinski definition) is 2. The van der Waals surface area contributed by atoms with E-state index in [2.05, 4.69) is 17.2 Å². The molecular formula is C22H20ClN3O2S. The van der Waals surface area contributed by atoms with Crippen LogP contribution in [0.15, 0.2) is 42.2 Å². The highest BCUT2D eigenvalue weighted by atomic mass is 35.5. The van der Waals surface area contributed by atoms with Crippen molar-refractivity contribution in [2.75, 3.05) is 5.32 Å². The van der Waals surface area contributed by atoms with Crippen molar-refractivity contribution >= 4 is 45.8 Å². The predicted octanol–water partition coefficient (Wildman–Crippen LogP) is 6.10. The molecule has 2 N–H and O–H groups in total. The fourth-order valence-corrected chi connectivity index (χ4v) is 4.47. The second-order valence-corrected chi connectivity index (χ2v) is 8.58. The zero-order valence-corrected chi connectivity index (χ0v) is 17.7. The molecule has 148 valence electrons. The Bertz CT molecular complexity index is 1120. The van der Waals surface area contributed by atoms with Gasteiger partial charge in [0, 0.05) is 29.8 Å². The Labute approximate surface area is 178 Å². The first-order chi connectivity index (χ1) is 14.0. The van der Waals surface area contributed by atoms with Gasteiger partial charge in [0.05, 0.1) is 14.8 Å². The standard InChI is InChI=1S/C22H20ClN3O2S/c1-3-15-12(2)24-22(18-10-11-19(23)29-18)26-21(15)25-14-6-4-13(5-7-14)20-16(27)8-9-17(20)28/h4-7,10-11,27H,3,8-9H2,1-2H3,(H,24,25,26). The van der Waals surface area contributed by atoms with Crippen molar-refractivity contribution in [1.82, 2.24) is 9.97 Å². The summed E-state index contributed by atoms with van der Waals surface area (Å²) in [5.41, 5.74) is 3.99. The van der Waals surface area contributed by atoms with Crippen LogP contribution < -0.4 is 5.32 Å². The van der Waals surface area contributed by atoms with Crippen LogP contribution in [0.3, 0.4) is 0 Å². The average molecular weight is 426 g/mol. The predicted molar refractivity (Wildman–Crippen MR) is 118 cm³/mol. The van der Waals surface area contributed by atoms with Crippen LogP contribution >= 0.6 is 22.9 Å². The molecular weight excluding hydrogens is 406 g/mol. The quantitative estimate of drug-likeness (QED) is 0.516. The number of aromatic nitrogens is 2. The summed E-state index contributed by atoms with van der Waals surface area (Å²) in [6, 6.07) is 11.2. The van der Waals surface area contributed by atoms with E-state index in [0.29, 0.717) is 28.6 Å². The summed E-state index contributed by atoms with van der Waals surface area (Å²) in [5, 5.41) is 13.4. The zero-order valence-electron chi connectivity index (χ0n) is 16.1. The minimum atomic E-state index is -0.0119. The second-order valence-electron chi connectivity index (χ2n) is 6.86. The van der Waals surface area contributed by atoms with Gasteiger partial charge in [-0.15, -0.1) is 11.3 Å². The molecule has 0 saturated heterocycles. The first-order valence-corrected chi connectivity index (χ1v) is 10.6. The first kappa shape index (κ1) is 19.6. The Kier molecular flexibility index (Phi) is 5.39. The van der Waals surface area contributed by atoms with E-state index in [1.165, 1.54) is 11.3 Å². The van der Waals surface area contributed by atoms with Crippen LogP contribution in [0.1, 0.15) is 36.6 Å². The number of nitrogens with zero attached hydrogens (tertiary/aromatic N) is 2. The molecule has 0 fully saturated rings. The molecule has 29 heavy (non-hydrogen) atoms. The number of Topliss-reactive ketones (excluding diaryl/α,β-unsaturated/α-hetero) is 1. The summed E-state index contributed by atoms with van der Waals surface area (Å²) in [6.07, 6.45) is 1.59. The lowest BCUT2D eigenvalue weighted by molar-refractivity contribution is -0.113. The second kappa shape index (κ2) is 7.97. The maximum Gasteiger partial charge on any atom is 0.171 e. The molecule has 1 aliphatic carbocycles. The molecule has 0 bridgehead atoms. The van der Waals surface area contributed by atoms with Crippen LogP contribution in [0.2, 0.25) is 4.34 Å². The third-order valence-corrected chi connectivity index (χ3v) is 6.18. The third kappa shape index (κ3) is 3.91. The van der Waals surface area contributed by atoms with Gasteiger partial charge in [0.2, 0.25) is 0 Å². The van der Waals surface area contributed by atoms with E-state index in [-0.39, 0.29) is 11.5 Å². The summed E-state index contributed by atoms with van der Waals surface area (Å²) in [4.78, 5) is 22.3. The number of ketones is 1. The summed E-state index contributed by atoms with van der Waals surface area (Å²) >= 11 is 7.52. The van der Waals surface area contributed by atoms with Gasteiger partial charge in [-0.25, -0.2) is 9.97 Å². The summed E-state index contributed by atoms with van der Waals surface area (Å²) in [6.45, 7) is 4.05.